The van der Waals surface area contributed by atoms with Crippen molar-refractivity contribution in [2.45, 2.75) is 83.8 Å². The fourth-order valence-electron chi connectivity index (χ4n) is 5.35. The Bertz CT molecular complexity index is 1070. The first kappa shape index (κ1) is 23.2. The number of pyridine rings is 1. The fourth-order valence-corrected chi connectivity index (χ4v) is 5.35. The third-order valence-corrected chi connectivity index (χ3v) is 6.27. The third kappa shape index (κ3) is 5.16. The van der Waals surface area contributed by atoms with E-state index in [4.69, 9.17) is 4.42 Å². The van der Waals surface area contributed by atoms with Crippen molar-refractivity contribution < 1.29 is 14.0 Å². The van der Waals surface area contributed by atoms with Crippen LogP contribution in [0, 0.1) is 6.92 Å². The Labute approximate surface area is 194 Å². The molecular weight excluding hydrogens is 418 g/mol. The minimum absolute atomic E-state index is 0.0529. The summed E-state index contributed by atoms with van der Waals surface area (Å²) in [5, 5.41) is 11.2. The number of nitrogens with zero attached hydrogens (tertiary/aromatic N) is 2. The maximum absolute atomic E-state index is 13.2. The highest BCUT2D eigenvalue weighted by Crippen LogP contribution is 2.32. The Morgan fingerprint density at radius 2 is 1.88 bits per heavy atom. The van der Waals surface area contributed by atoms with Gasteiger partial charge >= 0.3 is 0 Å². The number of nitrogens with one attached hydrogen (secondary N) is 3. The molecule has 3 N–H and O–H groups in total. The van der Waals surface area contributed by atoms with Crippen LogP contribution in [0.4, 0.5) is 0 Å². The lowest BCUT2D eigenvalue weighted by molar-refractivity contribution is 0.0842. The van der Waals surface area contributed by atoms with E-state index >= 15 is 0 Å². The Kier molecular flexibility index (Phi) is 6.14. The lowest BCUT2D eigenvalue weighted by atomic mass is 9.79. The summed E-state index contributed by atoms with van der Waals surface area (Å²) in [6.07, 6.45) is 7.09. The molecule has 33 heavy (non-hydrogen) atoms. The van der Waals surface area contributed by atoms with E-state index in [0.29, 0.717) is 17.7 Å². The molecule has 0 aromatic carbocycles. The van der Waals surface area contributed by atoms with Gasteiger partial charge in [0.2, 0.25) is 0 Å². The molecule has 0 atom stereocenters. The smallest absolute Gasteiger partial charge is 0.287 e. The normalized spacial score (nSPS) is 20.8. The number of hydrogen-bond acceptors (Lipinski definition) is 6. The van der Waals surface area contributed by atoms with Gasteiger partial charge in [-0.15, -0.1) is 0 Å². The molecule has 0 unspecified atom stereocenters. The van der Waals surface area contributed by atoms with E-state index in [1.54, 1.807) is 18.3 Å². The Balaban J connectivity index is 1.52. The quantitative estimate of drug-likeness (QED) is 0.617. The number of fused-ring (bicyclic) bond motifs is 1. The van der Waals surface area contributed by atoms with Gasteiger partial charge in [-0.3, -0.25) is 14.6 Å². The molecular formula is C25H33N5O3. The average Bonchev–Trinajstić information content (AvgIpc) is 3.07. The highest BCUT2D eigenvalue weighted by atomic mass is 16.4. The minimum atomic E-state index is -0.321. The van der Waals surface area contributed by atoms with Crippen LogP contribution < -0.4 is 16.1 Å². The highest BCUT2D eigenvalue weighted by Gasteiger charge is 2.39. The summed E-state index contributed by atoms with van der Waals surface area (Å²) in [4.78, 5) is 29.5. The highest BCUT2D eigenvalue weighted by molar-refractivity contribution is 6.07. The van der Waals surface area contributed by atoms with Crippen molar-refractivity contribution in [3.05, 3.63) is 52.7 Å². The number of piperidine rings is 1. The van der Waals surface area contributed by atoms with Crippen LogP contribution >= 0.6 is 0 Å². The predicted molar refractivity (Wildman–Crippen MR) is 126 cm³/mol. The molecule has 0 spiro atoms. The molecule has 0 bridgehead atoms. The lowest BCUT2D eigenvalue weighted by Crippen LogP contribution is -2.62. The second-order valence-corrected chi connectivity index (χ2v) is 10.4. The second kappa shape index (κ2) is 8.74. The molecule has 1 saturated heterocycles. The molecule has 2 aromatic heterocycles. The number of carbonyl (C=O) groups excluding carboxylic acids is 2. The third-order valence-electron chi connectivity index (χ3n) is 6.27. The van der Waals surface area contributed by atoms with E-state index in [9.17, 15) is 9.59 Å². The molecule has 0 radical (unpaired) electrons. The number of aryl methyl sites for hydroxylation is 1. The van der Waals surface area contributed by atoms with Crippen LogP contribution in [0.3, 0.4) is 0 Å². The summed E-state index contributed by atoms with van der Waals surface area (Å²) in [5.74, 6) is 0.573. The molecule has 8 heteroatoms. The largest absolute Gasteiger partial charge is 0.455 e. The number of aromatic nitrogens is 1. The number of rotatable bonds is 4. The molecule has 4 rings (SSSR count). The fraction of sp³-hybridized carbons (Fsp3) is 0.520. The summed E-state index contributed by atoms with van der Waals surface area (Å²) < 4.78 is 6.03. The van der Waals surface area contributed by atoms with Crippen LogP contribution in [0.25, 0.3) is 0 Å². The summed E-state index contributed by atoms with van der Waals surface area (Å²) in [6.45, 7) is 10.5. The Morgan fingerprint density at radius 3 is 2.55 bits per heavy atom. The van der Waals surface area contributed by atoms with Crippen LogP contribution in [-0.4, -0.2) is 39.6 Å². The molecule has 176 valence electrons. The first-order valence-corrected chi connectivity index (χ1v) is 11.5. The second-order valence-electron chi connectivity index (χ2n) is 10.4. The monoisotopic (exact) mass is 451 g/mol. The summed E-state index contributed by atoms with van der Waals surface area (Å²) in [5.41, 5.74) is 5.27. The van der Waals surface area contributed by atoms with Gasteiger partial charge in [-0.25, -0.2) is 5.43 Å². The van der Waals surface area contributed by atoms with E-state index in [0.717, 1.165) is 48.3 Å². The van der Waals surface area contributed by atoms with Crippen molar-refractivity contribution in [3.63, 3.8) is 0 Å². The van der Waals surface area contributed by atoms with Gasteiger partial charge in [0.05, 0.1) is 11.3 Å². The molecule has 2 aliphatic rings. The van der Waals surface area contributed by atoms with Gasteiger partial charge < -0.3 is 15.1 Å². The summed E-state index contributed by atoms with van der Waals surface area (Å²) >= 11 is 0. The van der Waals surface area contributed by atoms with Crippen molar-refractivity contribution in [3.8, 4) is 0 Å². The average molecular weight is 452 g/mol. The van der Waals surface area contributed by atoms with Gasteiger partial charge in [0.25, 0.3) is 11.8 Å². The number of amides is 2. The van der Waals surface area contributed by atoms with Crippen LogP contribution in [0.5, 0.6) is 0 Å². The topological polar surface area (TPSA) is 109 Å². The van der Waals surface area contributed by atoms with Crippen molar-refractivity contribution in [2.24, 2.45) is 5.10 Å². The zero-order valence-electron chi connectivity index (χ0n) is 20.0. The molecule has 3 heterocycles. The van der Waals surface area contributed by atoms with Gasteiger partial charge in [-0.2, -0.15) is 5.10 Å². The Morgan fingerprint density at radius 1 is 1.15 bits per heavy atom. The number of furan rings is 1. The summed E-state index contributed by atoms with van der Waals surface area (Å²) in [7, 11) is 0. The van der Waals surface area contributed by atoms with E-state index in [2.05, 4.69) is 53.8 Å². The standard InChI is InChI=1S/C25H33N5O3/c1-15-20-18(28-29-22(31)16-8-7-11-26-14-16)9-6-10-19(20)33-21(15)23(32)27-17-12-24(2,3)30-25(4,5)13-17/h7-8,11,14,17,30H,6,9-10,12-13H2,1-5H3,(H,27,32)(H,29,31)/b28-18+. The molecule has 1 aliphatic carbocycles. The van der Waals surface area contributed by atoms with Crippen molar-refractivity contribution in [2.75, 3.05) is 0 Å². The molecule has 2 aromatic rings. The number of hydrazone groups is 1. The van der Waals surface area contributed by atoms with E-state index in [-0.39, 0.29) is 28.9 Å². The van der Waals surface area contributed by atoms with Crippen LogP contribution in [-0.2, 0) is 6.42 Å². The van der Waals surface area contributed by atoms with Crippen molar-refractivity contribution in [1.29, 1.82) is 0 Å². The minimum Gasteiger partial charge on any atom is -0.455 e. The van der Waals surface area contributed by atoms with Gasteiger partial charge in [0.1, 0.15) is 5.76 Å². The van der Waals surface area contributed by atoms with Gasteiger partial charge in [-0.05, 0) is 72.4 Å². The predicted octanol–water partition coefficient (Wildman–Crippen LogP) is 3.49. The Hall–Kier alpha value is -3.00. The number of hydrogen-bond donors (Lipinski definition) is 3. The van der Waals surface area contributed by atoms with E-state index in [1.165, 1.54) is 6.20 Å². The van der Waals surface area contributed by atoms with Crippen molar-refractivity contribution in [1.82, 2.24) is 21.0 Å². The number of carbonyl (C=O) groups is 2. The van der Waals surface area contributed by atoms with Crippen LogP contribution in [0.15, 0.2) is 34.0 Å². The maximum atomic E-state index is 13.2. The lowest BCUT2D eigenvalue weighted by Gasteiger charge is -2.46. The zero-order chi connectivity index (χ0) is 23.8. The van der Waals surface area contributed by atoms with Gasteiger partial charge in [0.15, 0.2) is 5.76 Å². The maximum Gasteiger partial charge on any atom is 0.287 e. The van der Waals surface area contributed by atoms with Crippen LogP contribution in [0.1, 0.15) is 91.2 Å². The van der Waals surface area contributed by atoms with Crippen molar-refractivity contribution >= 4 is 17.5 Å². The first-order valence-electron chi connectivity index (χ1n) is 11.5. The van der Waals surface area contributed by atoms with E-state index in [1.807, 2.05) is 6.92 Å². The summed E-state index contributed by atoms with van der Waals surface area (Å²) in [6, 6.07) is 3.44. The first-order chi connectivity index (χ1) is 15.5. The van der Waals surface area contributed by atoms with Crippen LogP contribution in [0.2, 0.25) is 0 Å². The molecule has 0 saturated carbocycles. The zero-order valence-corrected chi connectivity index (χ0v) is 20.0. The van der Waals surface area contributed by atoms with Gasteiger partial charge in [-0.1, -0.05) is 0 Å². The van der Waals surface area contributed by atoms with Gasteiger partial charge in [0, 0.05) is 47.1 Å². The molecule has 2 amide bonds. The molecule has 1 fully saturated rings. The molecule has 8 nitrogen and oxygen atoms in total. The van der Waals surface area contributed by atoms with E-state index < -0.39 is 0 Å². The molecule has 1 aliphatic heterocycles. The SMILES string of the molecule is Cc1c(C(=O)NC2CC(C)(C)NC(C)(C)C2)oc2c1/C(=N/NC(=O)c1cccnc1)CCC2.